The van der Waals surface area contributed by atoms with Gasteiger partial charge < -0.3 is 29.2 Å². The van der Waals surface area contributed by atoms with E-state index in [9.17, 15) is 19.2 Å². The number of ketones is 2. The Hall–Kier alpha value is -4.23. The number of hydrogen-bond acceptors (Lipinski definition) is 10. The van der Waals surface area contributed by atoms with Crippen LogP contribution < -0.4 is 18.9 Å². The van der Waals surface area contributed by atoms with E-state index in [1.807, 2.05) is 0 Å². The Kier molecular flexibility index (Phi) is 10.2. The van der Waals surface area contributed by atoms with Crippen LogP contribution in [-0.4, -0.2) is 61.2 Å². The summed E-state index contributed by atoms with van der Waals surface area (Å²) in [6.45, 7) is 1.77. The molecule has 0 saturated carbocycles. The van der Waals surface area contributed by atoms with Gasteiger partial charge in [-0.25, -0.2) is 4.39 Å². The number of carbonyl (C=O) groups is 4. The molecule has 2 heterocycles. The van der Waals surface area contributed by atoms with Crippen molar-refractivity contribution in [2.24, 2.45) is 5.92 Å². The third-order valence-corrected chi connectivity index (χ3v) is 8.79. The first-order valence-electron chi connectivity index (χ1n) is 13.2. The van der Waals surface area contributed by atoms with E-state index in [2.05, 4.69) is 0 Å². The van der Waals surface area contributed by atoms with E-state index in [4.69, 9.17) is 29.2 Å². The summed E-state index contributed by atoms with van der Waals surface area (Å²) in [6.07, 6.45) is -0.220. The highest BCUT2D eigenvalue weighted by Crippen LogP contribution is 2.41. The van der Waals surface area contributed by atoms with Crippen molar-refractivity contribution < 1.29 is 52.7 Å². The summed E-state index contributed by atoms with van der Waals surface area (Å²) in [6, 6.07) is 8.17. The highest BCUT2D eigenvalue weighted by Gasteiger charge is 2.22. The molecular weight excluding hydrogens is 603 g/mol. The minimum Gasteiger partial charge on any atom is -0.493 e. The van der Waals surface area contributed by atoms with Crippen LogP contribution in [0.3, 0.4) is 0 Å². The van der Waals surface area contributed by atoms with Gasteiger partial charge in [0.25, 0.3) is 0 Å². The molecule has 2 N–H and O–H groups in total. The summed E-state index contributed by atoms with van der Waals surface area (Å²) in [5.74, 6) is -3.27. The number of carboxylic acid groups (broad SMARTS) is 2. The number of halogens is 1. The first-order valence-corrected chi connectivity index (χ1v) is 14.8. The van der Waals surface area contributed by atoms with Gasteiger partial charge in [-0.15, -0.1) is 22.7 Å². The van der Waals surface area contributed by atoms with Crippen LogP contribution in [0.2, 0.25) is 0 Å². The lowest BCUT2D eigenvalue weighted by molar-refractivity contribution is -0.141. The smallest absolute Gasteiger partial charge is 0.306 e. The number of hydrogen-bond donors (Lipinski definition) is 2. The molecule has 228 valence electrons. The summed E-state index contributed by atoms with van der Waals surface area (Å²) in [5.41, 5.74) is 0. The first-order chi connectivity index (χ1) is 20.5. The molecule has 2 aromatic heterocycles. The number of Topliss-reactive ketones (excluding diaryl/α,β-unsaturated/α-hetero) is 2. The van der Waals surface area contributed by atoms with Crippen molar-refractivity contribution in [3.63, 3.8) is 0 Å². The molecular formula is C30H29FO10S2. The molecule has 0 fully saturated rings. The molecule has 0 aliphatic heterocycles. The van der Waals surface area contributed by atoms with E-state index in [1.165, 1.54) is 38.5 Å². The average Bonchev–Trinajstić information content (AvgIpc) is 3.60. The molecule has 0 saturated heterocycles. The van der Waals surface area contributed by atoms with Crippen LogP contribution in [-0.2, 0) is 9.59 Å². The average molecular weight is 633 g/mol. The minimum atomic E-state index is -1.09. The van der Waals surface area contributed by atoms with Gasteiger partial charge in [-0.2, -0.15) is 0 Å². The maximum Gasteiger partial charge on any atom is 0.306 e. The van der Waals surface area contributed by atoms with Crippen LogP contribution in [0, 0.1) is 11.7 Å². The van der Waals surface area contributed by atoms with Gasteiger partial charge in [-0.1, -0.05) is 6.92 Å². The van der Waals surface area contributed by atoms with E-state index in [1.54, 1.807) is 24.3 Å². The third kappa shape index (κ3) is 7.41. The fourth-order valence-corrected chi connectivity index (χ4v) is 6.28. The van der Waals surface area contributed by atoms with Crippen molar-refractivity contribution >= 4 is 66.4 Å². The zero-order valence-electron chi connectivity index (χ0n) is 23.6. The molecule has 43 heavy (non-hydrogen) atoms. The van der Waals surface area contributed by atoms with Crippen LogP contribution in [0.4, 0.5) is 4.39 Å². The Morgan fingerprint density at radius 2 is 1.47 bits per heavy atom. The van der Waals surface area contributed by atoms with Crippen molar-refractivity contribution in [1.29, 1.82) is 0 Å². The van der Waals surface area contributed by atoms with Crippen LogP contribution >= 0.6 is 22.7 Å². The Morgan fingerprint density at radius 3 is 2.14 bits per heavy atom. The number of carboxylic acids is 2. The van der Waals surface area contributed by atoms with Crippen LogP contribution in [0.25, 0.3) is 20.2 Å². The summed E-state index contributed by atoms with van der Waals surface area (Å²) >= 11 is 2.30. The summed E-state index contributed by atoms with van der Waals surface area (Å²) in [5, 5.41) is 18.9. The van der Waals surface area contributed by atoms with Crippen molar-refractivity contribution in [3.8, 4) is 23.0 Å². The predicted octanol–water partition coefficient (Wildman–Crippen LogP) is 6.46. The Balaban J connectivity index is 1.40. The molecule has 0 bridgehead atoms. The molecule has 1 atom stereocenters. The first kappa shape index (κ1) is 31.7. The quantitative estimate of drug-likeness (QED) is 0.104. The Morgan fingerprint density at radius 1 is 0.814 bits per heavy atom. The van der Waals surface area contributed by atoms with Gasteiger partial charge in [0.1, 0.15) is 0 Å². The Bertz CT molecular complexity index is 1690. The molecule has 2 aromatic carbocycles. The molecule has 4 aromatic rings. The SMILES string of the molecule is COc1cc2cc(C(=O)C[C@H](C)C(=O)O)sc2cc1OCCCOc1c(OC)cc2sc(C(=O)CCC(=O)O)cc2c1F. The van der Waals surface area contributed by atoms with Crippen molar-refractivity contribution in [3.05, 3.63) is 45.9 Å². The zero-order chi connectivity index (χ0) is 31.3. The van der Waals surface area contributed by atoms with E-state index >= 15 is 4.39 Å². The van der Waals surface area contributed by atoms with Crippen molar-refractivity contribution in [2.75, 3.05) is 27.4 Å². The topological polar surface area (TPSA) is 146 Å². The molecule has 13 heteroatoms. The second kappa shape index (κ2) is 13.8. The number of benzene rings is 2. The Labute approximate surface area is 253 Å². The molecule has 0 amide bonds. The number of fused-ring (bicyclic) bond motifs is 2. The second-order valence-corrected chi connectivity index (χ2v) is 11.8. The third-order valence-electron chi connectivity index (χ3n) is 6.53. The lowest BCUT2D eigenvalue weighted by Gasteiger charge is -2.13. The molecule has 0 spiro atoms. The molecule has 0 aliphatic carbocycles. The largest absolute Gasteiger partial charge is 0.493 e. The van der Waals surface area contributed by atoms with Gasteiger partial charge in [0.05, 0.1) is 49.5 Å². The number of thiophene rings is 2. The van der Waals surface area contributed by atoms with E-state index in [-0.39, 0.29) is 65.8 Å². The highest BCUT2D eigenvalue weighted by atomic mass is 32.1. The fraction of sp³-hybridized carbons (Fsp3) is 0.333. The summed E-state index contributed by atoms with van der Waals surface area (Å²) in [7, 11) is 2.87. The maximum atomic E-state index is 15.4. The zero-order valence-corrected chi connectivity index (χ0v) is 25.2. The van der Waals surface area contributed by atoms with Crippen molar-refractivity contribution in [2.45, 2.75) is 32.6 Å². The normalized spacial score (nSPS) is 11.8. The second-order valence-electron chi connectivity index (χ2n) is 9.63. The van der Waals surface area contributed by atoms with Gasteiger partial charge in [0, 0.05) is 46.2 Å². The number of rotatable bonds is 16. The molecule has 0 unspecified atom stereocenters. The van der Waals surface area contributed by atoms with E-state index < -0.39 is 23.7 Å². The summed E-state index contributed by atoms with van der Waals surface area (Å²) in [4.78, 5) is 47.5. The number of carbonyl (C=O) groups excluding carboxylic acids is 2. The number of ether oxygens (including phenoxy) is 4. The number of aliphatic carboxylic acids is 2. The van der Waals surface area contributed by atoms with E-state index in [0.29, 0.717) is 27.5 Å². The molecule has 4 rings (SSSR count). The van der Waals surface area contributed by atoms with Gasteiger partial charge in [-0.05, 0) is 23.6 Å². The number of methoxy groups -OCH3 is 2. The monoisotopic (exact) mass is 632 g/mol. The fourth-order valence-electron chi connectivity index (χ4n) is 4.20. The lowest BCUT2D eigenvalue weighted by atomic mass is 10.0. The van der Waals surface area contributed by atoms with Crippen LogP contribution in [0.15, 0.2) is 30.3 Å². The maximum absolute atomic E-state index is 15.4. The molecule has 0 aliphatic rings. The molecule has 0 radical (unpaired) electrons. The predicted molar refractivity (Wildman–Crippen MR) is 159 cm³/mol. The van der Waals surface area contributed by atoms with Crippen LogP contribution in [0.5, 0.6) is 23.0 Å². The van der Waals surface area contributed by atoms with Gasteiger partial charge in [0.15, 0.2) is 40.4 Å². The van der Waals surface area contributed by atoms with Crippen LogP contribution in [0.1, 0.15) is 52.0 Å². The summed E-state index contributed by atoms with van der Waals surface area (Å²) < 4.78 is 39.0. The highest BCUT2D eigenvalue weighted by molar-refractivity contribution is 7.21. The van der Waals surface area contributed by atoms with Gasteiger partial charge in [-0.3, -0.25) is 19.2 Å². The van der Waals surface area contributed by atoms with E-state index in [0.717, 1.165) is 21.4 Å². The van der Waals surface area contributed by atoms with Gasteiger partial charge in [0.2, 0.25) is 0 Å². The van der Waals surface area contributed by atoms with Gasteiger partial charge >= 0.3 is 11.9 Å². The standard InChI is InChI=1S/C30H29FO10S2/c1-15(30(36)37)9-19(33)25-11-16-10-20(38-2)21(13-23(16)42-25)40-7-4-8-41-29-22(39-3)14-24-17(28(29)31)12-26(43-24)18(32)5-6-27(34)35/h10-15H,4-9H2,1-3H3,(H,34,35)(H,36,37)/t15-/m0/s1. The minimum absolute atomic E-state index is 0.0807. The molecule has 10 nitrogen and oxygen atoms in total. The lowest BCUT2D eigenvalue weighted by Crippen LogP contribution is -2.13. The van der Waals surface area contributed by atoms with Crippen molar-refractivity contribution in [1.82, 2.24) is 0 Å².